The number of halogens is 2. The van der Waals surface area contributed by atoms with Crippen molar-refractivity contribution in [1.29, 1.82) is 0 Å². The van der Waals surface area contributed by atoms with E-state index in [1.165, 1.54) is 12.1 Å². The predicted molar refractivity (Wildman–Crippen MR) is 82.2 cm³/mol. The molecule has 0 aromatic heterocycles. The number of aliphatic hydroxyl groups excluding tert-OH is 1. The van der Waals surface area contributed by atoms with Gasteiger partial charge in [0.2, 0.25) is 0 Å². The van der Waals surface area contributed by atoms with Crippen LogP contribution in [0.15, 0.2) is 46.9 Å². The van der Waals surface area contributed by atoms with Crippen molar-refractivity contribution in [3.05, 3.63) is 58.3 Å². The Bertz CT molecular complexity index is 585. The summed E-state index contributed by atoms with van der Waals surface area (Å²) in [5.74, 6) is 0.391. The lowest BCUT2D eigenvalue weighted by atomic mass is 10.1. The van der Waals surface area contributed by atoms with E-state index in [1.54, 1.807) is 13.0 Å². The number of ether oxygens (including phenoxy) is 2. The second-order valence-corrected chi connectivity index (χ2v) is 5.43. The normalized spacial score (nSPS) is 12.0. The first kappa shape index (κ1) is 15.8. The first-order valence-electron chi connectivity index (χ1n) is 6.55. The molecule has 0 bridgehead atoms. The van der Waals surface area contributed by atoms with Gasteiger partial charge in [-0.15, -0.1) is 0 Å². The molecule has 0 heterocycles. The zero-order valence-corrected chi connectivity index (χ0v) is 13.1. The van der Waals surface area contributed by atoms with Crippen LogP contribution in [0.5, 0.6) is 11.5 Å². The number of aliphatic hydroxyl groups is 1. The Labute approximate surface area is 131 Å². The highest BCUT2D eigenvalue weighted by Crippen LogP contribution is 2.22. The van der Waals surface area contributed by atoms with Crippen LogP contribution in [0.25, 0.3) is 0 Å². The fourth-order valence-corrected chi connectivity index (χ4v) is 2.00. The van der Waals surface area contributed by atoms with E-state index in [0.717, 1.165) is 10.2 Å². The van der Waals surface area contributed by atoms with Gasteiger partial charge in [-0.05, 0) is 48.9 Å². The summed E-state index contributed by atoms with van der Waals surface area (Å²) in [6.45, 7) is 2.14. The van der Waals surface area contributed by atoms with Gasteiger partial charge in [0.25, 0.3) is 0 Å². The van der Waals surface area contributed by atoms with E-state index < -0.39 is 11.9 Å². The van der Waals surface area contributed by atoms with Gasteiger partial charge in [-0.3, -0.25) is 0 Å². The molecular formula is C16H16BrFO3. The Morgan fingerprint density at radius 1 is 1.10 bits per heavy atom. The van der Waals surface area contributed by atoms with Gasteiger partial charge in [0.05, 0.1) is 6.10 Å². The highest BCUT2D eigenvalue weighted by Gasteiger charge is 2.07. The average molecular weight is 355 g/mol. The van der Waals surface area contributed by atoms with Gasteiger partial charge < -0.3 is 14.6 Å². The van der Waals surface area contributed by atoms with Crippen molar-refractivity contribution in [2.75, 3.05) is 13.2 Å². The van der Waals surface area contributed by atoms with Crippen molar-refractivity contribution in [3.8, 4) is 11.5 Å². The maximum absolute atomic E-state index is 13.7. The molecule has 0 saturated carbocycles. The van der Waals surface area contributed by atoms with Gasteiger partial charge in [0, 0.05) is 4.47 Å². The van der Waals surface area contributed by atoms with Gasteiger partial charge in [0.1, 0.15) is 19.0 Å². The van der Waals surface area contributed by atoms with Crippen LogP contribution in [-0.4, -0.2) is 18.3 Å². The van der Waals surface area contributed by atoms with Gasteiger partial charge in [-0.1, -0.05) is 22.0 Å². The van der Waals surface area contributed by atoms with E-state index in [4.69, 9.17) is 9.47 Å². The quantitative estimate of drug-likeness (QED) is 0.793. The topological polar surface area (TPSA) is 38.7 Å². The van der Waals surface area contributed by atoms with E-state index in [0.29, 0.717) is 12.2 Å². The largest absolute Gasteiger partial charge is 0.490 e. The molecule has 2 aromatic rings. The molecule has 0 saturated heterocycles. The standard InChI is InChI=1S/C16H16BrFO3/c1-11(19)12-2-7-16(15(18)10-12)21-9-8-20-14-5-3-13(17)4-6-14/h2-7,10-11,19H,8-9H2,1H3/t11-/m0/s1. The third-order valence-electron chi connectivity index (χ3n) is 2.86. The number of hydrogen-bond donors (Lipinski definition) is 1. The molecule has 2 aromatic carbocycles. The predicted octanol–water partition coefficient (Wildman–Crippen LogP) is 4.10. The van der Waals surface area contributed by atoms with E-state index in [1.807, 2.05) is 24.3 Å². The Kier molecular flexibility index (Phi) is 5.59. The molecule has 21 heavy (non-hydrogen) atoms. The summed E-state index contributed by atoms with van der Waals surface area (Å²) < 4.78 is 25.5. The SMILES string of the molecule is C[C@H](O)c1ccc(OCCOc2ccc(Br)cc2)c(F)c1. The minimum Gasteiger partial charge on any atom is -0.490 e. The molecule has 1 N–H and O–H groups in total. The maximum atomic E-state index is 13.7. The fourth-order valence-electron chi connectivity index (χ4n) is 1.74. The summed E-state index contributed by atoms with van der Waals surface area (Å²) in [5.41, 5.74) is 0.519. The summed E-state index contributed by atoms with van der Waals surface area (Å²) in [7, 11) is 0. The van der Waals surface area contributed by atoms with Crippen molar-refractivity contribution in [3.63, 3.8) is 0 Å². The monoisotopic (exact) mass is 354 g/mol. The second kappa shape index (κ2) is 7.43. The van der Waals surface area contributed by atoms with Crippen LogP contribution in [0.2, 0.25) is 0 Å². The van der Waals surface area contributed by atoms with Crippen LogP contribution in [0.1, 0.15) is 18.6 Å². The summed E-state index contributed by atoms with van der Waals surface area (Å²) in [5, 5.41) is 9.37. The molecule has 0 aliphatic carbocycles. The Hall–Kier alpha value is -1.59. The molecule has 0 aliphatic rings. The second-order valence-electron chi connectivity index (χ2n) is 4.52. The van der Waals surface area contributed by atoms with Gasteiger partial charge >= 0.3 is 0 Å². The van der Waals surface area contributed by atoms with Crippen molar-refractivity contribution in [1.82, 2.24) is 0 Å². The van der Waals surface area contributed by atoms with Crippen LogP contribution < -0.4 is 9.47 Å². The van der Waals surface area contributed by atoms with Crippen LogP contribution in [-0.2, 0) is 0 Å². The zero-order valence-electron chi connectivity index (χ0n) is 11.6. The summed E-state index contributed by atoms with van der Waals surface area (Å²) in [4.78, 5) is 0. The number of hydrogen-bond acceptors (Lipinski definition) is 3. The molecule has 2 rings (SSSR count). The van der Waals surface area contributed by atoms with E-state index in [9.17, 15) is 9.50 Å². The lowest BCUT2D eigenvalue weighted by molar-refractivity contribution is 0.197. The molecular weight excluding hydrogens is 339 g/mol. The highest BCUT2D eigenvalue weighted by molar-refractivity contribution is 9.10. The highest BCUT2D eigenvalue weighted by atomic mass is 79.9. The molecule has 0 aliphatic heterocycles. The van der Waals surface area contributed by atoms with E-state index in [2.05, 4.69) is 15.9 Å². The average Bonchev–Trinajstić information content (AvgIpc) is 2.46. The fraction of sp³-hybridized carbons (Fsp3) is 0.250. The Morgan fingerprint density at radius 2 is 1.76 bits per heavy atom. The molecule has 0 fully saturated rings. The zero-order chi connectivity index (χ0) is 15.2. The van der Waals surface area contributed by atoms with Gasteiger partial charge in [-0.25, -0.2) is 4.39 Å². The van der Waals surface area contributed by atoms with Crippen molar-refractivity contribution >= 4 is 15.9 Å². The van der Waals surface area contributed by atoms with Crippen molar-refractivity contribution in [2.45, 2.75) is 13.0 Å². The maximum Gasteiger partial charge on any atom is 0.165 e. The lowest BCUT2D eigenvalue weighted by Gasteiger charge is -2.11. The first-order valence-corrected chi connectivity index (χ1v) is 7.34. The van der Waals surface area contributed by atoms with E-state index in [-0.39, 0.29) is 12.4 Å². The molecule has 1 atom stereocenters. The van der Waals surface area contributed by atoms with E-state index >= 15 is 0 Å². The van der Waals surface area contributed by atoms with Crippen LogP contribution in [0.4, 0.5) is 4.39 Å². The minimum absolute atomic E-state index is 0.152. The van der Waals surface area contributed by atoms with Gasteiger partial charge in [0.15, 0.2) is 11.6 Å². The molecule has 112 valence electrons. The Morgan fingerprint density at radius 3 is 2.38 bits per heavy atom. The molecule has 0 spiro atoms. The molecule has 5 heteroatoms. The Balaban J connectivity index is 1.82. The lowest BCUT2D eigenvalue weighted by Crippen LogP contribution is -2.10. The van der Waals surface area contributed by atoms with Crippen molar-refractivity contribution < 1.29 is 19.0 Å². The number of benzene rings is 2. The van der Waals surface area contributed by atoms with Crippen molar-refractivity contribution in [2.24, 2.45) is 0 Å². The van der Waals surface area contributed by atoms with Crippen LogP contribution in [0, 0.1) is 5.82 Å². The number of rotatable bonds is 6. The summed E-state index contributed by atoms with van der Waals surface area (Å²) in [6.07, 6.45) is -0.700. The molecule has 0 unspecified atom stereocenters. The summed E-state index contributed by atoms with van der Waals surface area (Å²) >= 11 is 3.34. The van der Waals surface area contributed by atoms with Gasteiger partial charge in [-0.2, -0.15) is 0 Å². The summed E-state index contributed by atoms with van der Waals surface area (Å²) in [6, 6.07) is 11.9. The molecule has 3 nitrogen and oxygen atoms in total. The van der Waals surface area contributed by atoms with Crippen LogP contribution >= 0.6 is 15.9 Å². The smallest absolute Gasteiger partial charge is 0.165 e. The molecule has 0 amide bonds. The first-order chi connectivity index (χ1) is 10.1. The minimum atomic E-state index is -0.700. The van der Waals surface area contributed by atoms with Crippen LogP contribution in [0.3, 0.4) is 0 Å². The third-order valence-corrected chi connectivity index (χ3v) is 3.39. The third kappa shape index (κ3) is 4.72. The molecule has 0 radical (unpaired) electrons.